The van der Waals surface area contributed by atoms with Gasteiger partial charge in [0.1, 0.15) is 5.01 Å². The molecule has 24 heavy (non-hydrogen) atoms. The molecule has 1 aromatic heterocycles. The number of thiazole rings is 1. The third-order valence-corrected chi connectivity index (χ3v) is 6.39. The summed E-state index contributed by atoms with van der Waals surface area (Å²) in [4.78, 5) is 22.0. The number of hydrogen-bond donors (Lipinski definition) is 0. The Hall–Kier alpha value is -1.46. The lowest BCUT2D eigenvalue weighted by atomic mass is 10.0. The first-order valence-corrected chi connectivity index (χ1v) is 10.0. The molecule has 2 aliphatic rings. The van der Waals surface area contributed by atoms with E-state index in [-0.39, 0.29) is 0 Å². The van der Waals surface area contributed by atoms with Gasteiger partial charge in [-0.15, -0.1) is 11.3 Å². The molecule has 0 N–H and O–H groups in total. The second kappa shape index (κ2) is 7.19. The number of rotatable bonds is 3. The Morgan fingerprint density at radius 1 is 1.08 bits per heavy atom. The van der Waals surface area contributed by atoms with Gasteiger partial charge in [0.2, 0.25) is 5.91 Å². The maximum absolute atomic E-state index is 12.7. The van der Waals surface area contributed by atoms with E-state index < -0.39 is 0 Å². The Bertz CT molecular complexity index is 674. The van der Waals surface area contributed by atoms with Crippen LogP contribution in [0.3, 0.4) is 0 Å². The van der Waals surface area contributed by atoms with Crippen LogP contribution < -0.4 is 0 Å². The number of para-hydroxylation sites is 1. The van der Waals surface area contributed by atoms with Crippen molar-refractivity contribution in [2.45, 2.75) is 44.6 Å². The quantitative estimate of drug-likeness (QED) is 0.850. The lowest BCUT2D eigenvalue weighted by Gasteiger charge is -2.36. The monoisotopic (exact) mass is 343 g/mol. The van der Waals surface area contributed by atoms with Crippen LogP contribution in [0.5, 0.6) is 0 Å². The van der Waals surface area contributed by atoms with E-state index in [0.29, 0.717) is 18.5 Å². The number of piperidine rings is 2. The molecule has 1 aromatic carbocycles. The SMILES string of the molecule is O=C(CN1CCCCC1c1nc2ccccc2s1)N1CCCCC1. The molecule has 4 rings (SSSR count). The van der Waals surface area contributed by atoms with E-state index in [2.05, 4.69) is 28.0 Å². The largest absolute Gasteiger partial charge is 0.342 e. The van der Waals surface area contributed by atoms with Gasteiger partial charge in [0.15, 0.2) is 0 Å². The number of likely N-dealkylation sites (tertiary alicyclic amines) is 2. The van der Waals surface area contributed by atoms with Crippen molar-refractivity contribution in [1.29, 1.82) is 0 Å². The third-order valence-electron chi connectivity index (χ3n) is 5.26. The zero-order chi connectivity index (χ0) is 16.4. The van der Waals surface area contributed by atoms with Gasteiger partial charge in [-0.25, -0.2) is 4.98 Å². The summed E-state index contributed by atoms with van der Waals surface area (Å²) >= 11 is 1.79. The fourth-order valence-corrected chi connectivity index (χ4v) is 5.05. The van der Waals surface area contributed by atoms with E-state index in [1.807, 2.05) is 6.07 Å². The molecule has 2 aliphatic heterocycles. The third kappa shape index (κ3) is 3.33. The zero-order valence-corrected chi connectivity index (χ0v) is 14.9. The second-order valence-corrected chi connectivity index (χ2v) is 8.01. The first-order valence-electron chi connectivity index (χ1n) is 9.18. The molecule has 0 bridgehead atoms. The summed E-state index contributed by atoms with van der Waals surface area (Å²) in [6, 6.07) is 8.65. The van der Waals surface area contributed by atoms with Crippen LogP contribution in [0.25, 0.3) is 10.2 Å². The molecule has 2 fully saturated rings. The zero-order valence-electron chi connectivity index (χ0n) is 14.1. The predicted molar refractivity (Wildman–Crippen MR) is 98.2 cm³/mol. The summed E-state index contributed by atoms with van der Waals surface area (Å²) in [7, 11) is 0. The van der Waals surface area contributed by atoms with Crippen LogP contribution >= 0.6 is 11.3 Å². The highest BCUT2D eigenvalue weighted by molar-refractivity contribution is 7.18. The molecule has 0 saturated carbocycles. The Kier molecular flexibility index (Phi) is 4.81. The standard InChI is InChI=1S/C19H25N3OS/c23-18(21-11-5-1-6-12-21)14-22-13-7-4-9-16(22)19-20-15-8-2-3-10-17(15)24-19/h2-3,8,10,16H,1,4-7,9,11-14H2. The molecule has 1 amide bonds. The van der Waals surface area contributed by atoms with E-state index in [4.69, 9.17) is 4.98 Å². The Morgan fingerprint density at radius 3 is 2.71 bits per heavy atom. The summed E-state index contributed by atoms with van der Waals surface area (Å²) < 4.78 is 1.25. The first kappa shape index (κ1) is 16.0. The summed E-state index contributed by atoms with van der Waals surface area (Å²) in [5.41, 5.74) is 1.09. The van der Waals surface area contributed by atoms with Crippen molar-refractivity contribution in [3.8, 4) is 0 Å². The summed E-state index contributed by atoms with van der Waals surface area (Å²) in [6.45, 7) is 3.46. The van der Waals surface area contributed by atoms with E-state index in [9.17, 15) is 4.79 Å². The minimum Gasteiger partial charge on any atom is -0.342 e. The van der Waals surface area contributed by atoms with E-state index in [0.717, 1.165) is 44.4 Å². The molecule has 5 heteroatoms. The molecule has 3 heterocycles. The number of amides is 1. The minimum atomic E-state index is 0.308. The van der Waals surface area contributed by atoms with Gasteiger partial charge in [-0.05, 0) is 50.8 Å². The molecule has 1 atom stereocenters. The Labute approximate surface area is 147 Å². The molecule has 128 valence electrons. The topological polar surface area (TPSA) is 36.4 Å². The summed E-state index contributed by atoms with van der Waals surface area (Å²) in [5, 5.41) is 1.18. The van der Waals surface area contributed by atoms with Crippen molar-refractivity contribution in [3.05, 3.63) is 29.3 Å². The van der Waals surface area contributed by atoms with Gasteiger partial charge in [0.05, 0.1) is 22.8 Å². The van der Waals surface area contributed by atoms with Crippen molar-refractivity contribution >= 4 is 27.5 Å². The highest BCUT2D eigenvalue weighted by Crippen LogP contribution is 2.35. The van der Waals surface area contributed by atoms with Gasteiger partial charge in [-0.2, -0.15) is 0 Å². The molecule has 2 saturated heterocycles. The Morgan fingerprint density at radius 2 is 1.88 bits per heavy atom. The number of carbonyl (C=O) groups is 1. The lowest BCUT2D eigenvalue weighted by molar-refractivity contribution is -0.134. The number of carbonyl (C=O) groups excluding carboxylic acids is 1. The van der Waals surface area contributed by atoms with Crippen LogP contribution in [0, 0.1) is 0 Å². The number of hydrogen-bond acceptors (Lipinski definition) is 4. The smallest absolute Gasteiger partial charge is 0.236 e. The van der Waals surface area contributed by atoms with Gasteiger partial charge >= 0.3 is 0 Å². The van der Waals surface area contributed by atoms with E-state index in [1.54, 1.807) is 11.3 Å². The normalized spacial score (nSPS) is 22.8. The highest BCUT2D eigenvalue weighted by Gasteiger charge is 2.29. The molecule has 0 radical (unpaired) electrons. The molecule has 2 aromatic rings. The number of benzene rings is 1. The molecule has 0 spiro atoms. The van der Waals surface area contributed by atoms with Gasteiger partial charge in [0.25, 0.3) is 0 Å². The van der Waals surface area contributed by atoms with Crippen LogP contribution in [0.1, 0.15) is 49.6 Å². The van der Waals surface area contributed by atoms with Crippen molar-refractivity contribution in [3.63, 3.8) is 0 Å². The second-order valence-electron chi connectivity index (χ2n) is 6.94. The summed E-state index contributed by atoms with van der Waals surface area (Å²) in [5.74, 6) is 0.308. The van der Waals surface area contributed by atoms with Crippen LogP contribution in [-0.2, 0) is 4.79 Å². The molecular formula is C19H25N3OS. The summed E-state index contributed by atoms with van der Waals surface area (Å²) in [6.07, 6.45) is 7.12. The van der Waals surface area contributed by atoms with Gasteiger partial charge in [0, 0.05) is 13.1 Å². The molecule has 1 unspecified atom stereocenters. The van der Waals surface area contributed by atoms with Crippen LogP contribution in [-0.4, -0.2) is 46.9 Å². The average Bonchev–Trinajstić information content (AvgIpc) is 3.07. The minimum absolute atomic E-state index is 0.308. The molecular weight excluding hydrogens is 318 g/mol. The maximum Gasteiger partial charge on any atom is 0.236 e. The first-order chi connectivity index (χ1) is 11.8. The van der Waals surface area contributed by atoms with Crippen molar-refractivity contribution in [2.24, 2.45) is 0 Å². The van der Waals surface area contributed by atoms with E-state index in [1.165, 1.54) is 29.0 Å². The van der Waals surface area contributed by atoms with Gasteiger partial charge < -0.3 is 4.90 Å². The fourth-order valence-electron chi connectivity index (χ4n) is 3.91. The van der Waals surface area contributed by atoms with Crippen LogP contribution in [0.15, 0.2) is 24.3 Å². The maximum atomic E-state index is 12.7. The van der Waals surface area contributed by atoms with Crippen molar-refractivity contribution in [2.75, 3.05) is 26.2 Å². The van der Waals surface area contributed by atoms with Crippen LogP contribution in [0.2, 0.25) is 0 Å². The van der Waals surface area contributed by atoms with Gasteiger partial charge in [-0.3, -0.25) is 9.69 Å². The number of nitrogens with zero attached hydrogens (tertiary/aromatic N) is 3. The fraction of sp³-hybridized carbons (Fsp3) is 0.579. The molecule has 4 nitrogen and oxygen atoms in total. The lowest BCUT2D eigenvalue weighted by Crippen LogP contribution is -2.45. The van der Waals surface area contributed by atoms with Crippen LogP contribution in [0.4, 0.5) is 0 Å². The Balaban J connectivity index is 1.51. The van der Waals surface area contributed by atoms with Crippen molar-refractivity contribution in [1.82, 2.24) is 14.8 Å². The predicted octanol–water partition coefficient (Wildman–Crippen LogP) is 3.84. The van der Waals surface area contributed by atoms with E-state index >= 15 is 0 Å². The highest BCUT2D eigenvalue weighted by atomic mass is 32.1. The average molecular weight is 343 g/mol. The van der Waals surface area contributed by atoms with Crippen molar-refractivity contribution < 1.29 is 4.79 Å². The number of fused-ring (bicyclic) bond motifs is 1. The number of aromatic nitrogens is 1. The van der Waals surface area contributed by atoms with Gasteiger partial charge in [-0.1, -0.05) is 18.6 Å². The molecule has 0 aliphatic carbocycles.